The van der Waals surface area contributed by atoms with Crippen LogP contribution in [0.15, 0.2) is 88.9 Å². The summed E-state index contributed by atoms with van der Waals surface area (Å²) in [6, 6.07) is 23.0. The van der Waals surface area contributed by atoms with Gasteiger partial charge in [0.05, 0.1) is 21.3 Å². The lowest BCUT2D eigenvalue weighted by molar-refractivity contribution is -0.150. The van der Waals surface area contributed by atoms with Gasteiger partial charge in [-0.25, -0.2) is 8.42 Å². The van der Waals surface area contributed by atoms with Crippen molar-refractivity contribution in [3.05, 3.63) is 84.7 Å². The maximum atomic E-state index is 12.9. The molecule has 3 heterocycles. The SMILES string of the molecule is CCC[C@H](CC(C#N)(c1ccccc1)C1CCN(CC2CN(c3ccc(S(=O)(=O)c4ccncc4)cc3)C2)CC1)OC(=O)CC. The van der Waals surface area contributed by atoms with E-state index in [1.165, 1.54) is 24.5 Å². The summed E-state index contributed by atoms with van der Waals surface area (Å²) in [5, 5.41) is 10.8. The third-order valence-corrected chi connectivity index (χ3v) is 11.3. The van der Waals surface area contributed by atoms with Crippen LogP contribution >= 0.6 is 0 Å². The predicted molar refractivity (Wildman–Crippen MR) is 174 cm³/mol. The van der Waals surface area contributed by atoms with Crippen molar-refractivity contribution in [3.63, 3.8) is 0 Å². The molecule has 9 heteroatoms. The average molecular weight is 629 g/mol. The molecule has 0 amide bonds. The molecule has 238 valence electrons. The number of benzene rings is 2. The van der Waals surface area contributed by atoms with E-state index in [1.54, 1.807) is 12.1 Å². The van der Waals surface area contributed by atoms with E-state index in [9.17, 15) is 18.5 Å². The van der Waals surface area contributed by atoms with Crippen molar-refractivity contribution >= 4 is 21.5 Å². The van der Waals surface area contributed by atoms with Crippen molar-refractivity contribution in [1.82, 2.24) is 9.88 Å². The molecular weight excluding hydrogens is 584 g/mol. The van der Waals surface area contributed by atoms with E-state index in [1.807, 2.05) is 37.3 Å². The first-order valence-electron chi connectivity index (χ1n) is 16.2. The number of hydrogen-bond acceptors (Lipinski definition) is 8. The monoisotopic (exact) mass is 628 g/mol. The van der Waals surface area contributed by atoms with E-state index < -0.39 is 15.3 Å². The molecule has 2 atom stereocenters. The van der Waals surface area contributed by atoms with E-state index in [0.717, 1.165) is 69.7 Å². The number of aromatic nitrogens is 1. The largest absolute Gasteiger partial charge is 0.462 e. The standard InChI is InChI=1S/C36H44N4O4S/c1-3-8-32(44-35(41)4-2)23-36(27-37,29-9-6-5-7-10-29)30-17-21-39(22-18-30)24-28-25-40(26-28)31-11-13-33(14-12-31)45(42,43)34-15-19-38-20-16-34/h5-7,9-16,19-20,28,30,32H,3-4,8,17-18,21-26H2,1-2H3/t32-,36?/m1/s1. The summed E-state index contributed by atoms with van der Waals surface area (Å²) >= 11 is 0. The minimum Gasteiger partial charge on any atom is -0.462 e. The highest BCUT2D eigenvalue weighted by Gasteiger charge is 2.45. The number of ether oxygens (including phenoxy) is 1. The van der Waals surface area contributed by atoms with Crippen molar-refractivity contribution in [1.29, 1.82) is 5.26 Å². The molecule has 2 saturated heterocycles. The Morgan fingerprint density at radius 3 is 2.24 bits per heavy atom. The van der Waals surface area contributed by atoms with Gasteiger partial charge in [-0.3, -0.25) is 9.78 Å². The van der Waals surface area contributed by atoms with Crippen molar-refractivity contribution < 1.29 is 17.9 Å². The van der Waals surface area contributed by atoms with Gasteiger partial charge in [-0.15, -0.1) is 0 Å². The second-order valence-corrected chi connectivity index (χ2v) is 14.4. The molecule has 2 fully saturated rings. The third-order valence-electron chi connectivity index (χ3n) is 9.47. The Balaban J connectivity index is 1.18. The molecule has 0 bridgehead atoms. The summed E-state index contributed by atoms with van der Waals surface area (Å²) < 4.78 is 31.7. The number of rotatable bonds is 13. The first-order chi connectivity index (χ1) is 21.8. The van der Waals surface area contributed by atoms with Crippen LogP contribution in [0.2, 0.25) is 0 Å². The first kappa shape index (κ1) is 32.6. The number of hydrogen-bond donors (Lipinski definition) is 0. The van der Waals surface area contributed by atoms with Gasteiger partial charge in [-0.1, -0.05) is 50.6 Å². The summed E-state index contributed by atoms with van der Waals surface area (Å²) in [4.78, 5) is 21.5. The van der Waals surface area contributed by atoms with Crippen molar-refractivity contribution in [2.45, 2.75) is 73.7 Å². The lowest BCUT2D eigenvalue weighted by Gasteiger charge is -2.46. The average Bonchev–Trinajstić information content (AvgIpc) is 3.06. The second-order valence-electron chi connectivity index (χ2n) is 12.4. The number of nitrogens with zero attached hydrogens (tertiary/aromatic N) is 4. The first-order valence-corrected chi connectivity index (χ1v) is 17.7. The summed E-state index contributed by atoms with van der Waals surface area (Å²) in [7, 11) is -3.56. The molecule has 5 rings (SSSR count). The maximum Gasteiger partial charge on any atom is 0.305 e. The predicted octanol–water partition coefficient (Wildman–Crippen LogP) is 6.04. The van der Waals surface area contributed by atoms with Crippen LogP contribution < -0.4 is 4.90 Å². The van der Waals surface area contributed by atoms with E-state index in [0.29, 0.717) is 18.8 Å². The van der Waals surface area contributed by atoms with Crippen molar-refractivity contribution in [3.8, 4) is 6.07 Å². The Labute approximate surface area is 268 Å². The summed E-state index contributed by atoms with van der Waals surface area (Å²) in [5.74, 6) is 0.517. The molecule has 2 aliphatic rings. The van der Waals surface area contributed by atoms with E-state index >= 15 is 0 Å². The van der Waals surface area contributed by atoms with Crippen molar-refractivity contribution in [2.75, 3.05) is 37.6 Å². The lowest BCUT2D eigenvalue weighted by atomic mass is 9.64. The number of esters is 1. The Morgan fingerprint density at radius 2 is 1.64 bits per heavy atom. The van der Waals surface area contributed by atoms with Gasteiger partial charge >= 0.3 is 5.97 Å². The van der Waals surface area contributed by atoms with Crippen LogP contribution in [0.25, 0.3) is 0 Å². The van der Waals surface area contributed by atoms with E-state index in [4.69, 9.17) is 4.74 Å². The van der Waals surface area contributed by atoms with Gasteiger partial charge in [0.2, 0.25) is 9.84 Å². The third kappa shape index (κ3) is 7.40. The summed E-state index contributed by atoms with van der Waals surface area (Å²) in [6.07, 6.45) is 7.06. The zero-order chi connectivity index (χ0) is 31.9. The molecule has 0 saturated carbocycles. The highest BCUT2D eigenvalue weighted by atomic mass is 32.2. The second kappa shape index (κ2) is 14.6. The molecule has 0 radical (unpaired) electrons. The van der Waals surface area contributed by atoms with Gasteiger partial charge in [-0.2, -0.15) is 5.26 Å². The fraction of sp³-hybridized carbons (Fsp3) is 0.472. The van der Waals surface area contributed by atoms with Crippen LogP contribution in [0.1, 0.15) is 57.9 Å². The Bertz CT molecular complexity index is 1550. The number of pyridine rings is 1. The van der Waals surface area contributed by atoms with Crippen LogP contribution in [0.4, 0.5) is 5.69 Å². The highest BCUT2D eigenvalue weighted by molar-refractivity contribution is 7.91. The van der Waals surface area contributed by atoms with Gasteiger partial charge in [0, 0.05) is 56.5 Å². The molecule has 0 N–H and O–H groups in total. The number of carbonyl (C=O) groups excluding carboxylic acids is 1. The quantitative estimate of drug-likeness (QED) is 0.211. The molecule has 1 unspecified atom stereocenters. The highest BCUT2D eigenvalue weighted by Crippen LogP contribution is 2.43. The molecule has 45 heavy (non-hydrogen) atoms. The minimum atomic E-state index is -3.56. The molecule has 2 aliphatic heterocycles. The molecule has 1 aromatic heterocycles. The molecule has 0 spiro atoms. The van der Waals surface area contributed by atoms with Gasteiger partial charge < -0.3 is 14.5 Å². The molecule has 3 aromatic rings. The Morgan fingerprint density at radius 1 is 1.00 bits per heavy atom. The van der Waals surface area contributed by atoms with E-state index in [-0.39, 0.29) is 27.8 Å². The van der Waals surface area contributed by atoms with Crippen LogP contribution in [0, 0.1) is 23.2 Å². The normalized spacial score (nSPS) is 18.4. The summed E-state index contributed by atoms with van der Waals surface area (Å²) in [5.41, 5.74) is 1.35. The number of carbonyl (C=O) groups is 1. The number of sulfone groups is 1. The van der Waals surface area contributed by atoms with E-state index in [2.05, 4.69) is 39.9 Å². The molecule has 2 aromatic carbocycles. The fourth-order valence-corrected chi connectivity index (χ4v) is 8.22. The fourth-order valence-electron chi connectivity index (χ4n) is 6.97. The topological polar surface area (TPSA) is 104 Å². The Kier molecular flexibility index (Phi) is 10.6. The van der Waals surface area contributed by atoms with Crippen LogP contribution in [0.3, 0.4) is 0 Å². The zero-order valence-corrected chi connectivity index (χ0v) is 27.2. The van der Waals surface area contributed by atoms with Gasteiger partial charge in [0.1, 0.15) is 6.10 Å². The van der Waals surface area contributed by atoms with Crippen LogP contribution in [0.5, 0.6) is 0 Å². The molecule has 0 aliphatic carbocycles. The molecular formula is C36H44N4O4S. The van der Waals surface area contributed by atoms with Crippen LogP contribution in [-0.2, 0) is 24.8 Å². The number of likely N-dealkylation sites (tertiary alicyclic amines) is 1. The van der Waals surface area contributed by atoms with Gasteiger partial charge in [-0.05, 0) is 80.2 Å². The number of piperidine rings is 1. The molecule has 8 nitrogen and oxygen atoms in total. The smallest absolute Gasteiger partial charge is 0.305 e. The number of nitriles is 1. The lowest BCUT2D eigenvalue weighted by Crippen LogP contribution is -2.53. The van der Waals surface area contributed by atoms with Crippen LogP contribution in [-0.4, -0.2) is 63.1 Å². The maximum absolute atomic E-state index is 12.9. The summed E-state index contributed by atoms with van der Waals surface area (Å²) in [6.45, 7) is 8.65. The Hall–Kier alpha value is -3.74. The minimum absolute atomic E-state index is 0.181. The number of anilines is 1. The zero-order valence-electron chi connectivity index (χ0n) is 26.3. The van der Waals surface area contributed by atoms with Gasteiger partial charge in [0.15, 0.2) is 0 Å². The van der Waals surface area contributed by atoms with Gasteiger partial charge in [0.25, 0.3) is 0 Å². The van der Waals surface area contributed by atoms with Crippen molar-refractivity contribution in [2.24, 2.45) is 11.8 Å².